The number of esters is 1. The van der Waals surface area contributed by atoms with E-state index in [2.05, 4.69) is 5.32 Å². The fourth-order valence-electron chi connectivity index (χ4n) is 2.46. The molecule has 1 aliphatic carbocycles. The van der Waals surface area contributed by atoms with Crippen LogP contribution in [0.25, 0.3) is 0 Å². The lowest BCUT2D eigenvalue weighted by Crippen LogP contribution is -2.46. The van der Waals surface area contributed by atoms with E-state index >= 15 is 0 Å². The molecule has 1 rings (SSSR count). The molecule has 3 nitrogen and oxygen atoms in total. The number of carbonyl (C=O) groups is 1. The predicted molar refractivity (Wildman–Crippen MR) is 82.7 cm³/mol. The average Bonchev–Trinajstić information content (AvgIpc) is 2.47. The van der Waals surface area contributed by atoms with E-state index in [1.54, 1.807) is 0 Å². The van der Waals surface area contributed by atoms with Gasteiger partial charge in [-0.3, -0.25) is 4.79 Å². The van der Waals surface area contributed by atoms with E-state index in [0.29, 0.717) is 11.4 Å². The number of carbonyl (C=O) groups excluding carboxylic acids is 1. The maximum atomic E-state index is 11.9. The van der Waals surface area contributed by atoms with Crippen molar-refractivity contribution < 1.29 is 9.53 Å². The van der Waals surface area contributed by atoms with Crippen LogP contribution in [-0.4, -0.2) is 27.9 Å². The number of nitrogens with one attached hydrogen (secondary N) is 1. The first-order valence-electron chi connectivity index (χ1n) is 6.27. The highest BCUT2D eigenvalue weighted by Crippen LogP contribution is 2.51. The van der Waals surface area contributed by atoms with Gasteiger partial charge in [-0.05, 0) is 33.1 Å². The zero-order valence-corrected chi connectivity index (χ0v) is 14.2. The Bertz CT molecular complexity index is 379. The number of hydrogen-bond acceptors (Lipinski definition) is 3. The Morgan fingerprint density at radius 2 is 1.95 bits per heavy atom. The summed E-state index contributed by atoms with van der Waals surface area (Å²) in [6.45, 7) is 7.96. The molecule has 0 aliphatic heterocycles. The SMILES string of the molecule is COC(=O)[C@H]1CC(Cl)(Cl)[C@@H](C)[C@@H]1C(=S)NC(C)(C)C. The largest absolute Gasteiger partial charge is 0.469 e. The van der Waals surface area contributed by atoms with Gasteiger partial charge in [-0.2, -0.15) is 0 Å². The molecular weight excluding hydrogens is 305 g/mol. The van der Waals surface area contributed by atoms with Crippen molar-refractivity contribution in [3.8, 4) is 0 Å². The summed E-state index contributed by atoms with van der Waals surface area (Å²) in [6, 6.07) is 0. The van der Waals surface area contributed by atoms with Gasteiger partial charge in [0.25, 0.3) is 0 Å². The van der Waals surface area contributed by atoms with E-state index in [4.69, 9.17) is 40.2 Å². The first kappa shape index (κ1) is 17.0. The molecule has 6 heteroatoms. The highest BCUT2D eigenvalue weighted by molar-refractivity contribution is 7.80. The Hall–Kier alpha value is -0.0600. The fraction of sp³-hybridized carbons (Fsp3) is 0.846. The van der Waals surface area contributed by atoms with E-state index in [0.717, 1.165) is 0 Å². The highest BCUT2D eigenvalue weighted by atomic mass is 35.5. The molecule has 1 fully saturated rings. The van der Waals surface area contributed by atoms with Crippen LogP contribution in [0.3, 0.4) is 0 Å². The number of halogens is 2. The molecule has 0 spiro atoms. The van der Waals surface area contributed by atoms with Crippen LogP contribution in [-0.2, 0) is 9.53 Å². The molecule has 1 saturated carbocycles. The van der Waals surface area contributed by atoms with Gasteiger partial charge in [0.05, 0.1) is 18.0 Å². The van der Waals surface area contributed by atoms with Crippen LogP contribution in [0.15, 0.2) is 0 Å². The maximum Gasteiger partial charge on any atom is 0.309 e. The lowest BCUT2D eigenvalue weighted by molar-refractivity contribution is -0.146. The number of hydrogen-bond donors (Lipinski definition) is 1. The molecule has 0 amide bonds. The Morgan fingerprint density at radius 1 is 1.42 bits per heavy atom. The van der Waals surface area contributed by atoms with Crippen LogP contribution in [0.1, 0.15) is 34.1 Å². The number of thiocarbonyl (C=S) groups is 1. The molecule has 0 unspecified atom stereocenters. The van der Waals surface area contributed by atoms with Gasteiger partial charge in [0.1, 0.15) is 4.33 Å². The van der Waals surface area contributed by atoms with Crippen LogP contribution < -0.4 is 5.32 Å². The van der Waals surface area contributed by atoms with Crippen molar-refractivity contribution in [2.24, 2.45) is 17.8 Å². The van der Waals surface area contributed by atoms with Gasteiger partial charge in [-0.1, -0.05) is 19.1 Å². The van der Waals surface area contributed by atoms with Gasteiger partial charge in [-0.25, -0.2) is 0 Å². The third-order valence-electron chi connectivity index (χ3n) is 3.44. The molecule has 0 radical (unpaired) electrons. The number of methoxy groups -OCH3 is 1. The van der Waals surface area contributed by atoms with Crippen LogP contribution in [0, 0.1) is 17.8 Å². The minimum Gasteiger partial charge on any atom is -0.469 e. The molecule has 110 valence electrons. The summed E-state index contributed by atoms with van der Waals surface area (Å²) in [6.07, 6.45) is 0.362. The monoisotopic (exact) mass is 325 g/mol. The van der Waals surface area contributed by atoms with E-state index in [1.165, 1.54) is 7.11 Å². The topological polar surface area (TPSA) is 38.3 Å². The zero-order chi connectivity index (χ0) is 15.0. The number of rotatable bonds is 2. The molecule has 3 atom stereocenters. The second kappa shape index (κ2) is 5.74. The summed E-state index contributed by atoms with van der Waals surface area (Å²) in [5, 5.41) is 3.24. The van der Waals surface area contributed by atoms with Crippen molar-refractivity contribution in [1.29, 1.82) is 0 Å². The first-order valence-corrected chi connectivity index (χ1v) is 7.43. The Balaban J connectivity index is 2.99. The Kier molecular flexibility index (Phi) is 5.14. The van der Waals surface area contributed by atoms with E-state index in [9.17, 15) is 4.79 Å². The van der Waals surface area contributed by atoms with Crippen molar-refractivity contribution in [2.45, 2.75) is 44.0 Å². The van der Waals surface area contributed by atoms with E-state index in [-0.39, 0.29) is 23.3 Å². The molecular formula is C13H21Cl2NO2S. The van der Waals surface area contributed by atoms with Crippen LogP contribution in [0.4, 0.5) is 0 Å². The smallest absolute Gasteiger partial charge is 0.309 e. The minimum atomic E-state index is -0.951. The summed E-state index contributed by atoms with van der Waals surface area (Å²) in [5.41, 5.74) is -0.165. The molecule has 1 aliphatic rings. The zero-order valence-electron chi connectivity index (χ0n) is 11.9. The summed E-state index contributed by atoms with van der Waals surface area (Å²) in [7, 11) is 1.37. The molecule has 0 aromatic rings. The summed E-state index contributed by atoms with van der Waals surface area (Å²) in [5.74, 6) is -1.01. The summed E-state index contributed by atoms with van der Waals surface area (Å²) in [4.78, 5) is 12.5. The lowest BCUT2D eigenvalue weighted by atomic mass is 9.89. The minimum absolute atomic E-state index is 0.109. The van der Waals surface area contributed by atoms with Crippen molar-refractivity contribution >= 4 is 46.4 Å². The fourth-order valence-corrected chi connectivity index (χ4v) is 3.74. The van der Waals surface area contributed by atoms with Gasteiger partial charge in [0, 0.05) is 11.5 Å². The number of alkyl halides is 2. The molecule has 0 aromatic heterocycles. The third-order valence-corrected chi connectivity index (χ3v) is 4.81. The van der Waals surface area contributed by atoms with Crippen molar-refractivity contribution in [2.75, 3.05) is 7.11 Å². The standard InChI is InChI=1S/C13H21Cl2NO2S/c1-7-9(10(19)16-12(2,3)4)8(11(17)18-5)6-13(7,14)15/h7-9H,6H2,1-5H3,(H,16,19)/t7-,8-,9-/m0/s1. The van der Waals surface area contributed by atoms with E-state index in [1.807, 2.05) is 27.7 Å². The summed E-state index contributed by atoms with van der Waals surface area (Å²) >= 11 is 18.0. The molecule has 0 saturated heterocycles. The van der Waals surface area contributed by atoms with Gasteiger partial charge < -0.3 is 10.1 Å². The third kappa shape index (κ3) is 3.96. The molecule has 0 bridgehead atoms. The maximum absolute atomic E-state index is 11.9. The predicted octanol–water partition coefficient (Wildman–Crippen LogP) is 3.32. The van der Waals surface area contributed by atoms with Gasteiger partial charge in [0.2, 0.25) is 0 Å². The lowest BCUT2D eigenvalue weighted by Gasteiger charge is -2.30. The molecule has 0 heterocycles. The molecule has 1 N–H and O–H groups in total. The van der Waals surface area contributed by atoms with Gasteiger partial charge >= 0.3 is 5.97 Å². The summed E-state index contributed by atoms with van der Waals surface area (Å²) < 4.78 is 3.89. The van der Waals surface area contributed by atoms with Gasteiger partial charge in [0.15, 0.2) is 0 Å². The quantitative estimate of drug-likeness (QED) is 0.480. The van der Waals surface area contributed by atoms with Crippen molar-refractivity contribution in [3.05, 3.63) is 0 Å². The molecule has 0 aromatic carbocycles. The van der Waals surface area contributed by atoms with Crippen LogP contribution in [0.5, 0.6) is 0 Å². The van der Waals surface area contributed by atoms with Crippen molar-refractivity contribution in [3.63, 3.8) is 0 Å². The van der Waals surface area contributed by atoms with E-state index < -0.39 is 10.3 Å². The van der Waals surface area contributed by atoms with Crippen LogP contribution >= 0.6 is 35.4 Å². The Labute approximate surface area is 130 Å². The second-order valence-electron chi connectivity index (χ2n) is 6.15. The van der Waals surface area contributed by atoms with Crippen LogP contribution in [0.2, 0.25) is 0 Å². The average molecular weight is 326 g/mol. The number of ether oxygens (including phenoxy) is 1. The highest BCUT2D eigenvalue weighted by Gasteiger charge is 2.54. The molecule has 19 heavy (non-hydrogen) atoms. The Morgan fingerprint density at radius 3 is 2.37 bits per heavy atom. The van der Waals surface area contributed by atoms with Gasteiger partial charge in [-0.15, -0.1) is 23.2 Å². The first-order chi connectivity index (χ1) is 8.49. The normalized spacial score (nSPS) is 29.9. The second-order valence-corrected chi connectivity index (χ2v) is 8.13. The van der Waals surface area contributed by atoms with Crippen molar-refractivity contribution in [1.82, 2.24) is 5.32 Å².